The van der Waals surface area contributed by atoms with E-state index in [4.69, 9.17) is 5.73 Å². The van der Waals surface area contributed by atoms with Gasteiger partial charge in [-0.2, -0.15) is 0 Å². The van der Waals surface area contributed by atoms with Crippen LogP contribution in [0.5, 0.6) is 0 Å². The minimum atomic E-state index is 0.0514. The highest BCUT2D eigenvalue weighted by Crippen LogP contribution is 2.21. The number of nitrogens with zero attached hydrogens (tertiary/aromatic N) is 2. The number of aromatic nitrogens is 2. The summed E-state index contributed by atoms with van der Waals surface area (Å²) in [6, 6.07) is 13.1. The van der Waals surface area contributed by atoms with Crippen molar-refractivity contribution in [2.24, 2.45) is 0 Å². The van der Waals surface area contributed by atoms with Gasteiger partial charge in [0.05, 0.1) is 11.0 Å². The third-order valence-corrected chi connectivity index (χ3v) is 3.10. The molecule has 0 aliphatic heterocycles. The highest BCUT2D eigenvalue weighted by atomic mass is 16.1. The molecule has 3 aromatic rings. The lowest BCUT2D eigenvalue weighted by atomic mass is 10.1. The maximum absolute atomic E-state index is 11.4. The van der Waals surface area contributed by atoms with Gasteiger partial charge in [0.2, 0.25) is 0 Å². The molecule has 4 nitrogen and oxygen atoms in total. The van der Waals surface area contributed by atoms with Crippen molar-refractivity contribution in [3.63, 3.8) is 0 Å². The van der Waals surface area contributed by atoms with Crippen LogP contribution in [-0.2, 0) is 0 Å². The predicted octanol–water partition coefficient (Wildman–Crippen LogP) is 2.81. The molecule has 0 aliphatic rings. The lowest BCUT2D eigenvalue weighted by Gasteiger charge is -2.06. The van der Waals surface area contributed by atoms with Gasteiger partial charge in [-0.25, -0.2) is 4.98 Å². The zero-order chi connectivity index (χ0) is 13.4. The molecule has 0 fully saturated rings. The van der Waals surface area contributed by atoms with Gasteiger partial charge in [0.25, 0.3) is 0 Å². The van der Waals surface area contributed by atoms with E-state index in [0.717, 1.165) is 16.7 Å². The van der Waals surface area contributed by atoms with E-state index in [1.807, 2.05) is 47.0 Å². The molecule has 0 unspecified atom stereocenters. The summed E-state index contributed by atoms with van der Waals surface area (Å²) in [5, 5.41) is 0. The van der Waals surface area contributed by atoms with E-state index in [9.17, 15) is 4.79 Å². The number of benzene rings is 2. The average Bonchev–Trinajstić information content (AvgIpc) is 2.81. The molecule has 0 amide bonds. The predicted molar refractivity (Wildman–Crippen MR) is 75.5 cm³/mol. The summed E-state index contributed by atoms with van der Waals surface area (Å²) in [6.07, 6.45) is 1.74. The topological polar surface area (TPSA) is 60.9 Å². The maximum atomic E-state index is 11.4. The SMILES string of the molecule is CC(=O)c1cccc(-n2cnc3cc(N)ccc32)c1. The number of nitrogens with two attached hydrogens (primary N) is 1. The zero-order valence-corrected chi connectivity index (χ0v) is 10.5. The molecule has 0 aliphatic carbocycles. The average molecular weight is 251 g/mol. The Morgan fingerprint density at radius 1 is 1.21 bits per heavy atom. The van der Waals surface area contributed by atoms with Crippen molar-refractivity contribution in [2.45, 2.75) is 6.92 Å². The number of nitrogen functional groups attached to an aromatic ring is 1. The lowest BCUT2D eigenvalue weighted by molar-refractivity contribution is 0.101. The Bertz CT molecular complexity index is 774. The number of fused-ring (bicyclic) bond motifs is 1. The highest BCUT2D eigenvalue weighted by Gasteiger charge is 2.06. The Morgan fingerprint density at radius 2 is 2.05 bits per heavy atom. The maximum Gasteiger partial charge on any atom is 0.159 e. The molecule has 2 N–H and O–H groups in total. The van der Waals surface area contributed by atoms with Crippen LogP contribution in [-0.4, -0.2) is 15.3 Å². The molecule has 19 heavy (non-hydrogen) atoms. The van der Waals surface area contributed by atoms with Crippen molar-refractivity contribution in [3.8, 4) is 5.69 Å². The summed E-state index contributed by atoms with van der Waals surface area (Å²) in [7, 11) is 0. The van der Waals surface area contributed by atoms with Crippen molar-refractivity contribution >= 4 is 22.5 Å². The minimum absolute atomic E-state index is 0.0514. The van der Waals surface area contributed by atoms with E-state index in [-0.39, 0.29) is 5.78 Å². The minimum Gasteiger partial charge on any atom is -0.399 e. The number of Topliss-reactive ketones (excluding diaryl/α,β-unsaturated/α-hetero) is 1. The van der Waals surface area contributed by atoms with Crippen LogP contribution in [0.15, 0.2) is 48.8 Å². The Balaban J connectivity index is 2.19. The molecule has 94 valence electrons. The summed E-state index contributed by atoms with van der Waals surface area (Å²) >= 11 is 0. The molecule has 0 radical (unpaired) electrons. The number of rotatable bonds is 2. The first-order valence-corrected chi connectivity index (χ1v) is 5.99. The summed E-state index contributed by atoms with van der Waals surface area (Å²) in [5.74, 6) is 0.0514. The number of hydrogen-bond donors (Lipinski definition) is 1. The number of hydrogen-bond acceptors (Lipinski definition) is 3. The number of carbonyl (C=O) groups is 1. The molecule has 1 heterocycles. The molecule has 2 aromatic carbocycles. The quantitative estimate of drug-likeness (QED) is 0.562. The molecule has 0 spiro atoms. The van der Waals surface area contributed by atoms with Crippen LogP contribution in [0.3, 0.4) is 0 Å². The molecule has 3 rings (SSSR count). The number of carbonyl (C=O) groups excluding carboxylic acids is 1. The van der Waals surface area contributed by atoms with E-state index in [1.54, 1.807) is 13.3 Å². The molecular weight excluding hydrogens is 238 g/mol. The van der Waals surface area contributed by atoms with Gasteiger partial charge in [-0.3, -0.25) is 9.36 Å². The van der Waals surface area contributed by atoms with Gasteiger partial charge in [-0.15, -0.1) is 0 Å². The Labute approximate surface area is 110 Å². The highest BCUT2D eigenvalue weighted by molar-refractivity contribution is 5.94. The molecule has 0 saturated heterocycles. The van der Waals surface area contributed by atoms with Gasteiger partial charge in [-0.1, -0.05) is 12.1 Å². The largest absolute Gasteiger partial charge is 0.399 e. The molecule has 0 saturated carbocycles. The number of ketones is 1. The Morgan fingerprint density at radius 3 is 2.84 bits per heavy atom. The summed E-state index contributed by atoms with van der Waals surface area (Å²) in [4.78, 5) is 15.8. The van der Waals surface area contributed by atoms with Gasteiger partial charge in [0.1, 0.15) is 6.33 Å². The van der Waals surface area contributed by atoms with Crippen molar-refractivity contribution in [3.05, 3.63) is 54.4 Å². The van der Waals surface area contributed by atoms with Crippen LogP contribution in [0, 0.1) is 0 Å². The van der Waals surface area contributed by atoms with Gasteiger partial charge in [-0.05, 0) is 37.3 Å². The summed E-state index contributed by atoms with van der Waals surface area (Å²) < 4.78 is 1.95. The number of imidazole rings is 1. The fourth-order valence-electron chi connectivity index (χ4n) is 2.11. The van der Waals surface area contributed by atoms with Crippen molar-refractivity contribution in [1.29, 1.82) is 0 Å². The fourth-order valence-corrected chi connectivity index (χ4v) is 2.11. The lowest BCUT2D eigenvalue weighted by Crippen LogP contribution is -1.97. The Hall–Kier alpha value is -2.62. The molecule has 0 bridgehead atoms. The smallest absolute Gasteiger partial charge is 0.159 e. The van der Waals surface area contributed by atoms with Crippen molar-refractivity contribution in [2.75, 3.05) is 5.73 Å². The second-order valence-electron chi connectivity index (χ2n) is 4.47. The first kappa shape index (κ1) is 11.5. The third-order valence-electron chi connectivity index (χ3n) is 3.10. The Kier molecular flexibility index (Phi) is 2.56. The van der Waals surface area contributed by atoms with Crippen LogP contribution < -0.4 is 5.73 Å². The molecular formula is C15H13N3O. The van der Waals surface area contributed by atoms with Crippen LogP contribution in [0.4, 0.5) is 5.69 Å². The van der Waals surface area contributed by atoms with Crippen LogP contribution in [0.25, 0.3) is 16.7 Å². The van der Waals surface area contributed by atoms with E-state index in [0.29, 0.717) is 11.3 Å². The second-order valence-corrected chi connectivity index (χ2v) is 4.47. The standard InChI is InChI=1S/C15H13N3O/c1-10(19)11-3-2-4-13(7-11)18-9-17-14-8-12(16)5-6-15(14)18/h2-9H,16H2,1H3. The summed E-state index contributed by atoms with van der Waals surface area (Å²) in [6.45, 7) is 1.56. The zero-order valence-electron chi connectivity index (χ0n) is 10.5. The molecule has 0 atom stereocenters. The third kappa shape index (κ3) is 1.97. The second kappa shape index (κ2) is 4.24. The van der Waals surface area contributed by atoms with Crippen molar-refractivity contribution < 1.29 is 4.79 Å². The van der Waals surface area contributed by atoms with Crippen LogP contribution >= 0.6 is 0 Å². The van der Waals surface area contributed by atoms with Crippen molar-refractivity contribution in [1.82, 2.24) is 9.55 Å². The van der Waals surface area contributed by atoms with E-state index >= 15 is 0 Å². The normalized spacial score (nSPS) is 10.8. The van der Waals surface area contributed by atoms with Gasteiger partial charge in [0, 0.05) is 16.9 Å². The monoisotopic (exact) mass is 251 g/mol. The number of anilines is 1. The van der Waals surface area contributed by atoms with E-state index in [2.05, 4.69) is 4.98 Å². The molecule has 4 heteroatoms. The van der Waals surface area contributed by atoms with Gasteiger partial charge in [0.15, 0.2) is 5.78 Å². The fraction of sp³-hybridized carbons (Fsp3) is 0.0667. The van der Waals surface area contributed by atoms with Crippen LogP contribution in [0.2, 0.25) is 0 Å². The first-order chi connectivity index (χ1) is 9.15. The van der Waals surface area contributed by atoms with E-state index < -0.39 is 0 Å². The van der Waals surface area contributed by atoms with Gasteiger partial charge >= 0.3 is 0 Å². The van der Waals surface area contributed by atoms with E-state index in [1.165, 1.54) is 0 Å². The van der Waals surface area contributed by atoms with Gasteiger partial charge < -0.3 is 5.73 Å². The molecule has 1 aromatic heterocycles. The van der Waals surface area contributed by atoms with Crippen LogP contribution in [0.1, 0.15) is 17.3 Å². The summed E-state index contributed by atoms with van der Waals surface area (Å²) in [5.41, 5.74) is 9.85. The first-order valence-electron chi connectivity index (χ1n) is 5.99.